The maximum absolute atomic E-state index is 12.7. The molecule has 1 fully saturated rings. The molecule has 6 nitrogen and oxygen atoms in total. The molecule has 7 heteroatoms. The summed E-state index contributed by atoms with van der Waals surface area (Å²) >= 11 is 0. The Morgan fingerprint density at radius 1 is 0.966 bits per heavy atom. The molecule has 2 aromatic rings. The standard InChI is InChI=1S/C22H26N2O4S/c1-17-7-9-18(10-8-17)21(25)11-12-22(26)23-19-13-15-24(16-14-19)29(27,28)20-5-3-2-4-6-20/h2-10,19H,11-16H2,1H3,(H,23,26). The predicted octanol–water partition coefficient (Wildman–Crippen LogP) is 2.93. The highest BCUT2D eigenvalue weighted by Crippen LogP contribution is 2.20. The van der Waals surface area contributed by atoms with E-state index in [0.29, 0.717) is 31.5 Å². The first-order valence-corrected chi connectivity index (χ1v) is 11.2. The van der Waals surface area contributed by atoms with Gasteiger partial charge in [-0.3, -0.25) is 9.59 Å². The zero-order valence-electron chi connectivity index (χ0n) is 16.5. The van der Waals surface area contributed by atoms with E-state index in [1.54, 1.807) is 42.5 Å². The van der Waals surface area contributed by atoms with Crippen LogP contribution >= 0.6 is 0 Å². The molecular formula is C22H26N2O4S. The van der Waals surface area contributed by atoms with Crippen LogP contribution in [0.15, 0.2) is 59.5 Å². The van der Waals surface area contributed by atoms with E-state index in [1.165, 1.54) is 4.31 Å². The number of piperidine rings is 1. The van der Waals surface area contributed by atoms with Gasteiger partial charge >= 0.3 is 0 Å². The lowest BCUT2D eigenvalue weighted by Crippen LogP contribution is -2.46. The number of sulfonamides is 1. The Bertz CT molecular complexity index is 948. The number of hydrogen-bond donors (Lipinski definition) is 1. The number of amides is 1. The molecule has 29 heavy (non-hydrogen) atoms. The lowest BCUT2D eigenvalue weighted by molar-refractivity contribution is -0.122. The first-order valence-electron chi connectivity index (χ1n) is 9.81. The fourth-order valence-electron chi connectivity index (χ4n) is 3.39. The van der Waals surface area contributed by atoms with E-state index in [-0.39, 0.29) is 35.5 Å². The molecule has 0 atom stereocenters. The minimum absolute atomic E-state index is 0.0519. The van der Waals surface area contributed by atoms with Crippen LogP contribution in [0.1, 0.15) is 41.6 Å². The molecule has 154 valence electrons. The Labute approximate surface area is 172 Å². The maximum Gasteiger partial charge on any atom is 0.243 e. The molecule has 2 aromatic carbocycles. The van der Waals surface area contributed by atoms with Crippen LogP contribution in [0.5, 0.6) is 0 Å². The van der Waals surface area contributed by atoms with Gasteiger partial charge in [0.2, 0.25) is 15.9 Å². The molecule has 0 spiro atoms. The Kier molecular flexibility index (Phi) is 6.82. The van der Waals surface area contributed by atoms with E-state index in [9.17, 15) is 18.0 Å². The van der Waals surface area contributed by atoms with Crippen molar-refractivity contribution in [1.29, 1.82) is 0 Å². The van der Waals surface area contributed by atoms with Crippen LogP contribution in [0.3, 0.4) is 0 Å². The minimum Gasteiger partial charge on any atom is -0.353 e. The van der Waals surface area contributed by atoms with Crippen molar-refractivity contribution in [2.75, 3.05) is 13.1 Å². The number of hydrogen-bond acceptors (Lipinski definition) is 4. The minimum atomic E-state index is -3.49. The van der Waals surface area contributed by atoms with Gasteiger partial charge in [0, 0.05) is 37.5 Å². The SMILES string of the molecule is Cc1ccc(C(=O)CCC(=O)NC2CCN(S(=O)(=O)c3ccccc3)CC2)cc1. The summed E-state index contributed by atoms with van der Waals surface area (Å²) < 4.78 is 26.8. The van der Waals surface area contributed by atoms with Crippen molar-refractivity contribution in [2.24, 2.45) is 0 Å². The normalized spacial score (nSPS) is 15.8. The highest BCUT2D eigenvalue weighted by molar-refractivity contribution is 7.89. The topological polar surface area (TPSA) is 83.6 Å². The summed E-state index contributed by atoms with van der Waals surface area (Å²) in [7, 11) is -3.49. The summed E-state index contributed by atoms with van der Waals surface area (Å²) in [4.78, 5) is 24.7. The van der Waals surface area contributed by atoms with Crippen LogP contribution in [0.2, 0.25) is 0 Å². The van der Waals surface area contributed by atoms with E-state index < -0.39 is 10.0 Å². The summed E-state index contributed by atoms with van der Waals surface area (Å²) in [5.74, 6) is -0.223. The van der Waals surface area contributed by atoms with Crippen LogP contribution in [-0.2, 0) is 14.8 Å². The Morgan fingerprint density at radius 3 is 2.21 bits per heavy atom. The van der Waals surface area contributed by atoms with Gasteiger partial charge in [-0.15, -0.1) is 0 Å². The lowest BCUT2D eigenvalue weighted by Gasteiger charge is -2.31. The van der Waals surface area contributed by atoms with Gasteiger partial charge in [-0.25, -0.2) is 8.42 Å². The molecule has 1 saturated heterocycles. The number of carbonyl (C=O) groups is 2. The molecule has 1 aliphatic rings. The van der Waals surface area contributed by atoms with Gasteiger partial charge in [-0.1, -0.05) is 48.0 Å². The third kappa shape index (κ3) is 5.52. The molecule has 0 aliphatic carbocycles. The molecule has 0 saturated carbocycles. The first kappa shape index (κ1) is 21.2. The largest absolute Gasteiger partial charge is 0.353 e. The average Bonchev–Trinajstić information content (AvgIpc) is 2.73. The summed E-state index contributed by atoms with van der Waals surface area (Å²) in [6, 6.07) is 15.6. The highest BCUT2D eigenvalue weighted by Gasteiger charge is 2.29. The fourth-order valence-corrected chi connectivity index (χ4v) is 4.88. The van der Waals surface area contributed by atoms with Crippen molar-refractivity contribution < 1.29 is 18.0 Å². The van der Waals surface area contributed by atoms with Crippen LogP contribution in [0.4, 0.5) is 0 Å². The molecule has 1 amide bonds. The second kappa shape index (κ2) is 9.33. The number of nitrogens with zero attached hydrogens (tertiary/aromatic N) is 1. The molecule has 0 aromatic heterocycles. The maximum atomic E-state index is 12.7. The monoisotopic (exact) mass is 414 g/mol. The average molecular weight is 415 g/mol. The van der Waals surface area contributed by atoms with E-state index in [0.717, 1.165) is 5.56 Å². The van der Waals surface area contributed by atoms with E-state index in [2.05, 4.69) is 5.32 Å². The highest BCUT2D eigenvalue weighted by atomic mass is 32.2. The van der Waals surface area contributed by atoms with Gasteiger partial charge in [-0.05, 0) is 31.9 Å². The molecule has 1 aliphatic heterocycles. The zero-order valence-corrected chi connectivity index (χ0v) is 17.3. The zero-order chi connectivity index (χ0) is 20.9. The first-order chi connectivity index (χ1) is 13.9. The van der Waals surface area contributed by atoms with Gasteiger partial charge in [-0.2, -0.15) is 4.31 Å². The van der Waals surface area contributed by atoms with Crippen LogP contribution < -0.4 is 5.32 Å². The van der Waals surface area contributed by atoms with Gasteiger partial charge in [0.15, 0.2) is 5.78 Å². The van der Waals surface area contributed by atoms with Crippen LogP contribution in [-0.4, -0.2) is 43.5 Å². The van der Waals surface area contributed by atoms with E-state index >= 15 is 0 Å². The third-order valence-corrected chi connectivity index (χ3v) is 7.07. The quantitative estimate of drug-likeness (QED) is 0.706. The number of rotatable bonds is 7. The van der Waals surface area contributed by atoms with Crippen molar-refractivity contribution >= 4 is 21.7 Å². The molecule has 1 heterocycles. The Balaban J connectivity index is 1.45. The number of benzene rings is 2. The predicted molar refractivity (Wildman–Crippen MR) is 111 cm³/mol. The lowest BCUT2D eigenvalue weighted by atomic mass is 10.0. The van der Waals surface area contributed by atoms with Crippen molar-refractivity contribution in [1.82, 2.24) is 9.62 Å². The Hall–Kier alpha value is -2.51. The van der Waals surface area contributed by atoms with Gasteiger partial charge in [0.1, 0.15) is 0 Å². The van der Waals surface area contributed by atoms with Gasteiger partial charge in [0.05, 0.1) is 4.90 Å². The van der Waals surface area contributed by atoms with Crippen LogP contribution in [0, 0.1) is 6.92 Å². The number of carbonyl (C=O) groups excluding carboxylic acids is 2. The summed E-state index contributed by atoms with van der Waals surface area (Å²) in [5, 5.41) is 2.93. The van der Waals surface area contributed by atoms with Crippen molar-refractivity contribution in [3.8, 4) is 0 Å². The summed E-state index contributed by atoms with van der Waals surface area (Å²) in [6.45, 7) is 2.69. The van der Waals surface area contributed by atoms with Gasteiger partial charge < -0.3 is 5.32 Å². The third-order valence-electron chi connectivity index (χ3n) is 5.15. The second-order valence-corrected chi connectivity index (χ2v) is 9.29. The summed E-state index contributed by atoms with van der Waals surface area (Å²) in [6.07, 6.45) is 1.42. The van der Waals surface area contributed by atoms with Gasteiger partial charge in [0.25, 0.3) is 0 Å². The molecule has 0 unspecified atom stereocenters. The second-order valence-electron chi connectivity index (χ2n) is 7.35. The number of Topliss-reactive ketones (excluding diaryl/α,β-unsaturated/α-hetero) is 1. The number of ketones is 1. The van der Waals surface area contributed by atoms with E-state index in [4.69, 9.17) is 0 Å². The van der Waals surface area contributed by atoms with Crippen molar-refractivity contribution in [3.63, 3.8) is 0 Å². The molecule has 0 radical (unpaired) electrons. The molecule has 3 rings (SSSR count). The van der Waals surface area contributed by atoms with Crippen molar-refractivity contribution in [3.05, 3.63) is 65.7 Å². The molecular weight excluding hydrogens is 388 g/mol. The van der Waals surface area contributed by atoms with Crippen LogP contribution in [0.25, 0.3) is 0 Å². The van der Waals surface area contributed by atoms with Crippen molar-refractivity contribution in [2.45, 2.75) is 43.5 Å². The smallest absolute Gasteiger partial charge is 0.243 e. The Morgan fingerprint density at radius 2 is 1.59 bits per heavy atom. The number of nitrogens with one attached hydrogen (secondary N) is 1. The van der Waals surface area contributed by atoms with E-state index in [1.807, 2.05) is 19.1 Å². The fraction of sp³-hybridized carbons (Fsp3) is 0.364. The number of aryl methyl sites for hydroxylation is 1. The molecule has 1 N–H and O–H groups in total. The summed E-state index contributed by atoms with van der Waals surface area (Å²) in [5.41, 5.74) is 1.70. The molecule has 0 bridgehead atoms.